The molecule has 2 rings (SSSR count). The first-order chi connectivity index (χ1) is 11.5. The summed E-state index contributed by atoms with van der Waals surface area (Å²) in [6.07, 6.45) is 0.816. The Hall–Kier alpha value is -2.57. The predicted octanol–water partition coefficient (Wildman–Crippen LogP) is 1.02. The van der Waals surface area contributed by atoms with Crippen LogP contribution >= 0.6 is 0 Å². The van der Waals surface area contributed by atoms with E-state index in [4.69, 9.17) is 9.84 Å². The molecule has 2 amide bonds. The van der Waals surface area contributed by atoms with Gasteiger partial charge in [0, 0.05) is 33.0 Å². The molecule has 0 bridgehead atoms. The number of ether oxygens (including phenoxy) is 1. The Morgan fingerprint density at radius 1 is 1.33 bits per heavy atom. The van der Waals surface area contributed by atoms with E-state index in [0.29, 0.717) is 31.9 Å². The molecule has 130 valence electrons. The average molecular weight is 334 g/mol. The molecular weight excluding hydrogens is 312 g/mol. The number of carbonyl (C=O) groups is 3. The van der Waals surface area contributed by atoms with E-state index in [-0.39, 0.29) is 30.6 Å². The summed E-state index contributed by atoms with van der Waals surface area (Å²) < 4.78 is 5.45. The number of aliphatic carboxylic acids is 1. The summed E-state index contributed by atoms with van der Waals surface area (Å²) in [5.41, 5.74) is 0.930. The molecule has 0 saturated carbocycles. The highest BCUT2D eigenvalue weighted by molar-refractivity contribution is 5.89. The van der Waals surface area contributed by atoms with Gasteiger partial charge in [0.2, 0.25) is 11.8 Å². The van der Waals surface area contributed by atoms with Crippen LogP contribution in [0.3, 0.4) is 0 Å². The van der Waals surface area contributed by atoms with Gasteiger partial charge in [-0.25, -0.2) is 0 Å². The zero-order valence-corrected chi connectivity index (χ0v) is 13.7. The summed E-state index contributed by atoms with van der Waals surface area (Å²) in [5.74, 6) is -0.557. The summed E-state index contributed by atoms with van der Waals surface area (Å²) in [6, 6.07) is 7.27. The number of benzene rings is 1. The molecule has 0 aromatic heterocycles. The van der Waals surface area contributed by atoms with E-state index in [0.717, 1.165) is 5.56 Å². The van der Waals surface area contributed by atoms with E-state index < -0.39 is 5.97 Å². The van der Waals surface area contributed by atoms with Gasteiger partial charge in [-0.05, 0) is 24.1 Å². The minimum absolute atomic E-state index is 0.000417. The van der Waals surface area contributed by atoms with Crippen LogP contribution in [-0.4, -0.2) is 48.0 Å². The monoisotopic (exact) mass is 334 g/mol. The molecule has 1 aliphatic heterocycles. The van der Waals surface area contributed by atoms with E-state index in [1.165, 1.54) is 0 Å². The number of hydrogen-bond donors (Lipinski definition) is 2. The lowest BCUT2D eigenvalue weighted by molar-refractivity contribution is -0.137. The molecule has 0 radical (unpaired) electrons. The van der Waals surface area contributed by atoms with Gasteiger partial charge in [0.25, 0.3) is 0 Å². The summed E-state index contributed by atoms with van der Waals surface area (Å²) in [4.78, 5) is 35.5. The van der Waals surface area contributed by atoms with Gasteiger partial charge in [0.15, 0.2) is 0 Å². The number of likely N-dealkylation sites (tertiary alicyclic amines) is 1. The van der Waals surface area contributed by atoms with Crippen LogP contribution in [0.2, 0.25) is 0 Å². The van der Waals surface area contributed by atoms with Crippen molar-refractivity contribution in [1.29, 1.82) is 0 Å². The van der Waals surface area contributed by atoms with Crippen molar-refractivity contribution in [3.8, 4) is 5.75 Å². The number of carboxylic acid groups (broad SMARTS) is 1. The second-order valence-electron chi connectivity index (χ2n) is 5.88. The van der Waals surface area contributed by atoms with Crippen molar-refractivity contribution < 1.29 is 24.2 Å². The zero-order valence-electron chi connectivity index (χ0n) is 13.7. The Labute approximate surface area is 140 Å². The SMILES string of the molecule is CN1C[C@H](C(=O)NCc2ccc(OCCCC(=O)O)cc2)CC1=O. The highest BCUT2D eigenvalue weighted by atomic mass is 16.5. The van der Waals surface area contributed by atoms with Crippen LogP contribution in [-0.2, 0) is 20.9 Å². The smallest absolute Gasteiger partial charge is 0.303 e. The molecule has 1 fully saturated rings. The van der Waals surface area contributed by atoms with Crippen LogP contribution in [0.15, 0.2) is 24.3 Å². The maximum absolute atomic E-state index is 12.0. The minimum Gasteiger partial charge on any atom is -0.494 e. The van der Waals surface area contributed by atoms with Gasteiger partial charge in [-0.15, -0.1) is 0 Å². The summed E-state index contributed by atoms with van der Waals surface area (Å²) in [5, 5.41) is 11.4. The van der Waals surface area contributed by atoms with E-state index in [2.05, 4.69) is 5.32 Å². The van der Waals surface area contributed by atoms with Crippen LogP contribution in [0.4, 0.5) is 0 Å². The Morgan fingerprint density at radius 3 is 2.62 bits per heavy atom. The first-order valence-corrected chi connectivity index (χ1v) is 7.91. The standard InChI is InChI=1S/C17H22N2O5/c1-19-11-13(9-15(19)20)17(23)18-10-12-4-6-14(7-5-12)24-8-2-3-16(21)22/h4-7,13H,2-3,8-11H2,1H3,(H,18,23)(H,21,22)/t13-/m1/s1. The number of nitrogens with zero attached hydrogens (tertiary/aromatic N) is 1. The van der Waals surface area contributed by atoms with E-state index in [1.807, 2.05) is 12.1 Å². The second kappa shape index (κ2) is 8.33. The number of carbonyl (C=O) groups excluding carboxylic acids is 2. The first-order valence-electron chi connectivity index (χ1n) is 7.91. The molecule has 1 aromatic carbocycles. The van der Waals surface area contributed by atoms with Gasteiger partial charge >= 0.3 is 5.97 Å². The highest BCUT2D eigenvalue weighted by Crippen LogP contribution is 2.17. The topological polar surface area (TPSA) is 95.9 Å². The van der Waals surface area contributed by atoms with Gasteiger partial charge in [-0.1, -0.05) is 12.1 Å². The van der Waals surface area contributed by atoms with Crippen molar-refractivity contribution in [2.75, 3.05) is 20.2 Å². The number of nitrogens with one attached hydrogen (secondary N) is 1. The van der Waals surface area contributed by atoms with Crippen LogP contribution < -0.4 is 10.1 Å². The molecular formula is C17H22N2O5. The maximum Gasteiger partial charge on any atom is 0.303 e. The van der Waals surface area contributed by atoms with E-state index in [9.17, 15) is 14.4 Å². The molecule has 1 heterocycles. The third-order valence-electron chi connectivity index (χ3n) is 3.91. The van der Waals surface area contributed by atoms with Crippen molar-refractivity contribution in [1.82, 2.24) is 10.2 Å². The van der Waals surface area contributed by atoms with Crippen molar-refractivity contribution in [3.63, 3.8) is 0 Å². The molecule has 7 nitrogen and oxygen atoms in total. The largest absolute Gasteiger partial charge is 0.494 e. The molecule has 1 aliphatic rings. The lowest BCUT2D eigenvalue weighted by Gasteiger charge is -2.11. The lowest BCUT2D eigenvalue weighted by Crippen LogP contribution is -2.31. The van der Waals surface area contributed by atoms with Crippen molar-refractivity contribution in [2.45, 2.75) is 25.8 Å². The van der Waals surface area contributed by atoms with Crippen LogP contribution in [0.5, 0.6) is 5.75 Å². The number of hydrogen-bond acceptors (Lipinski definition) is 4. The Kier molecular flexibility index (Phi) is 6.17. The Balaban J connectivity index is 1.72. The molecule has 1 atom stereocenters. The molecule has 0 unspecified atom stereocenters. The third kappa shape index (κ3) is 5.26. The lowest BCUT2D eigenvalue weighted by atomic mass is 10.1. The van der Waals surface area contributed by atoms with Gasteiger partial charge in [-0.2, -0.15) is 0 Å². The summed E-state index contributed by atoms with van der Waals surface area (Å²) in [7, 11) is 1.70. The highest BCUT2D eigenvalue weighted by Gasteiger charge is 2.31. The van der Waals surface area contributed by atoms with Crippen molar-refractivity contribution in [2.24, 2.45) is 5.92 Å². The number of carboxylic acids is 1. The van der Waals surface area contributed by atoms with Crippen LogP contribution in [0.25, 0.3) is 0 Å². The average Bonchev–Trinajstić information content (AvgIpc) is 2.89. The number of amides is 2. The number of rotatable bonds is 8. The fourth-order valence-corrected chi connectivity index (χ4v) is 2.49. The minimum atomic E-state index is -0.833. The van der Waals surface area contributed by atoms with Gasteiger partial charge in [0.1, 0.15) is 5.75 Å². The summed E-state index contributed by atoms with van der Waals surface area (Å²) >= 11 is 0. The Bertz CT molecular complexity index is 600. The fraction of sp³-hybridized carbons (Fsp3) is 0.471. The molecule has 1 aromatic rings. The fourth-order valence-electron chi connectivity index (χ4n) is 2.49. The molecule has 1 saturated heterocycles. The van der Waals surface area contributed by atoms with Gasteiger partial charge < -0.3 is 20.1 Å². The summed E-state index contributed by atoms with van der Waals surface area (Å²) in [6.45, 7) is 1.21. The van der Waals surface area contributed by atoms with Crippen molar-refractivity contribution >= 4 is 17.8 Å². The second-order valence-corrected chi connectivity index (χ2v) is 5.88. The molecule has 0 spiro atoms. The molecule has 0 aliphatic carbocycles. The van der Waals surface area contributed by atoms with Crippen LogP contribution in [0.1, 0.15) is 24.8 Å². The zero-order chi connectivity index (χ0) is 17.5. The maximum atomic E-state index is 12.0. The quantitative estimate of drug-likeness (QED) is 0.692. The van der Waals surface area contributed by atoms with Gasteiger partial charge in [0.05, 0.1) is 12.5 Å². The van der Waals surface area contributed by atoms with E-state index in [1.54, 1.807) is 24.1 Å². The van der Waals surface area contributed by atoms with Crippen LogP contribution in [0, 0.1) is 5.92 Å². The van der Waals surface area contributed by atoms with Gasteiger partial charge in [-0.3, -0.25) is 14.4 Å². The first kappa shape index (κ1) is 17.8. The van der Waals surface area contributed by atoms with Crippen molar-refractivity contribution in [3.05, 3.63) is 29.8 Å². The predicted molar refractivity (Wildman–Crippen MR) is 86.4 cm³/mol. The molecule has 2 N–H and O–H groups in total. The molecule has 24 heavy (non-hydrogen) atoms. The van der Waals surface area contributed by atoms with E-state index >= 15 is 0 Å². The third-order valence-corrected chi connectivity index (χ3v) is 3.91. The Morgan fingerprint density at radius 2 is 2.04 bits per heavy atom. The molecule has 7 heteroatoms. The normalized spacial score (nSPS) is 17.0.